The molecule has 2 unspecified atom stereocenters. The first kappa shape index (κ1) is 14.5. The van der Waals surface area contributed by atoms with Crippen LogP contribution in [0.5, 0.6) is 0 Å². The van der Waals surface area contributed by atoms with E-state index < -0.39 is 0 Å². The van der Waals surface area contributed by atoms with Crippen molar-refractivity contribution in [2.75, 3.05) is 20.3 Å². The van der Waals surface area contributed by atoms with E-state index in [2.05, 4.69) is 23.1 Å². The second-order valence-corrected chi connectivity index (χ2v) is 5.43. The monoisotopic (exact) mass is 266 g/mol. The van der Waals surface area contributed by atoms with Gasteiger partial charge >= 0.3 is 0 Å². The number of aromatic nitrogens is 2. The molecule has 2 rings (SSSR count). The van der Waals surface area contributed by atoms with Crippen molar-refractivity contribution >= 4 is 0 Å². The van der Waals surface area contributed by atoms with Crippen LogP contribution in [0.25, 0.3) is 0 Å². The largest absolute Gasteiger partial charge is 0.383 e. The van der Waals surface area contributed by atoms with Crippen molar-refractivity contribution in [1.82, 2.24) is 14.7 Å². The molecule has 2 atom stereocenters. The van der Waals surface area contributed by atoms with Crippen LogP contribution in [-0.4, -0.2) is 47.0 Å². The Bertz CT molecular complexity index is 389. The zero-order valence-electron chi connectivity index (χ0n) is 12.2. The van der Waals surface area contributed by atoms with Gasteiger partial charge in [-0.2, -0.15) is 5.10 Å². The molecule has 0 saturated heterocycles. The van der Waals surface area contributed by atoms with Gasteiger partial charge in [0.2, 0.25) is 0 Å². The Hall–Kier alpha value is -0.910. The van der Waals surface area contributed by atoms with E-state index in [9.17, 15) is 0 Å². The second kappa shape index (κ2) is 6.50. The van der Waals surface area contributed by atoms with E-state index in [1.54, 1.807) is 7.11 Å². The first-order valence-corrected chi connectivity index (χ1v) is 7.16. The number of hydrogen-bond acceptors (Lipinski definition) is 4. The lowest BCUT2D eigenvalue weighted by Gasteiger charge is -2.34. The summed E-state index contributed by atoms with van der Waals surface area (Å²) in [5, 5.41) is 4.30. The molecule has 0 aromatic carbocycles. The minimum Gasteiger partial charge on any atom is -0.383 e. The average molecular weight is 266 g/mol. The second-order valence-electron chi connectivity index (χ2n) is 5.43. The standard InChI is InChI=1S/C14H26N4O/c1-4-13(15)14(11-9-16-17(2)10-11)18(7-8-19-3)12-5-6-12/h9-10,12-14H,4-8,15H2,1-3H3. The van der Waals surface area contributed by atoms with E-state index >= 15 is 0 Å². The average Bonchev–Trinajstić information content (AvgIpc) is 3.16. The molecule has 1 aliphatic carbocycles. The molecule has 1 fully saturated rings. The van der Waals surface area contributed by atoms with Crippen LogP contribution in [-0.2, 0) is 11.8 Å². The summed E-state index contributed by atoms with van der Waals surface area (Å²) >= 11 is 0. The molecule has 5 heteroatoms. The fourth-order valence-electron chi connectivity index (χ4n) is 2.65. The highest BCUT2D eigenvalue weighted by molar-refractivity contribution is 5.15. The Morgan fingerprint density at radius 3 is 2.79 bits per heavy atom. The van der Waals surface area contributed by atoms with E-state index in [1.165, 1.54) is 18.4 Å². The van der Waals surface area contributed by atoms with Crippen LogP contribution < -0.4 is 5.73 Å². The maximum Gasteiger partial charge on any atom is 0.0590 e. The summed E-state index contributed by atoms with van der Waals surface area (Å²) < 4.78 is 7.10. The van der Waals surface area contributed by atoms with Gasteiger partial charge in [-0.25, -0.2) is 0 Å². The quantitative estimate of drug-likeness (QED) is 0.771. The van der Waals surface area contributed by atoms with Crippen LogP contribution in [0.15, 0.2) is 12.4 Å². The Labute approximate surface area is 115 Å². The maximum atomic E-state index is 6.38. The van der Waals surface area contributed by atoms with Gasteiger partial charge in [-0.05, 0) is 19.3 Å². The third kappa shape index (κ3) is 3.55. The van der Waals surface area contributed by atoms with Crippen LogP contribution in [0.3, 0.4) is 0 Å². The summed E-state index contributed by atoms with van der Waals surface area (Å²) in [4.78, 5) is 2.51. The molecule has 2 N–H and O–H groups in total. The van der Waals surface area contributed by atoms with E-state index in [0.717, 1.165) is 19.6 Å². The maximum absolute atomic E-state index is 6.38. The van der Waals surface area contributed by atoms with Gasteiger partial charge in [0.05, 0.1) is 18.8 Å². The van der Waals surface area contributed by atoms with Crippen LogP contribution >= 0.6 is 0 Å². The molecule has 19 heavy (non-hydrogen) atoms. The van der Waals surface area contributed by atoms with Crippen LogP contribution in [0.1, 0.15) is 37.8 Å². The molecule has 1 saturated carbocycles. The van der Waals surface area contributed by atoms with E-state index in [0.29, 0.717) is 6.04 Å². The summed E-state index contributed by atoms with van der Waals surface area (Å²) in [7, 11) is 3.71. The summed E-state index contributed by atoms with van der Waals surface area (Å²) in [6, 6.07) is 1.06. The SMILES string of the molecule is CCC(N)C(c1cnn(C)c1)N(CCOC)C1CC1. The molecule has 5 nitrogen and oxygen atoms in total. The highest BCUT2D eigenvalue weighted by Gasteiger charge is 2.37. The first-order valence-electron chi connectivity index (χ1n) is 7.16. The van der Waals surface area contributed by atoms with Crippen molar-refractivity contribution in [3.8, 4) is 0 Å². The van der Waals surface area contributed by atoms with Gasteiger partial charge in [0.1, 0.15) is 0 Å². The lowest BCUT2D eigenvalue weighted by atomic mass is 9.98. The molecule has 1 heterocycles. The molecule has 0 amide bonds. The van der Waals surface area contributed by atoms with Crippen molar-refractivity contribution in [1.29, 1.82) is 0 Å². The fourth-order valence-corrected chi connectivity index (χ4v) is 2.65. The first-order chi connectivity index (χ1) is 9.17. The van der Waals surface area contributed by atoms with Crippen molar-refractivity contribution < 1.29 is 4.74 Å². The molecule has 1 aromatic heterocycles. The van der Waals surface area contributed by atoms with Gasteiger partial charge in [0.25, 0.3) is 0 Å². The lowest BCUT2D eigenvalue weighted by Crippen LogP contribution is -2.43. The molecule has 0 bridgehead atoms. The van der Waals surface area contributed by atoms with Crippen molar-refractivity contribution in [3.05, 3.63) is 18.0 Å². The fraction of sp³-hybridized carbons (Fsp3) is 0.786. The highest BCUT2D eigenvalue weighted by Crippen LogP contribution is 2.36. The molecule has 0 spiro atoms. The van der Waals surface area contributed by atoms with Crippen molar-refractivity contribution in [2.24, 2.45) is 12.8 Å². The van der Waals surface area contributed by atoms with Gasteiger partial charge in [-0.15, -0.1) is 0 Å². The predicted octanol–water partition coefficient (Wildman–Crippen LogP) is 1.31. The minimum atomic E-state index is 0.140. The topological polar surface area (TPSA) is 56.3 Å². The Kier molecular flexibility index (Phi) is 4.96. The summed E-state index contributed by atoms with van der Waals surface area (Å²) in [6.45, 7) is 3.84. The number of nitrogens with zero attached hydrogens (tertiary/aromatic N) is 3. The zero-order valence-corrected chi connectivity index (χ0v) is 12.2. The number of methoxy groups -OCH3 is 1. The van der Waals surface area contributed by atoms with Gasteiger partial charge in [-0.1, -0.05) is 6.92 Å². The number of rotatable bonds is 8. The normalized spacial score (nSPS) is 18.8. The summed E-state index contributed by atoms with van der Waals surface area (Å²) in [6.07, 6.45) is 7.55. The Morgan fingerprint density at radius 1 is 1.58 bits per heavy atom. The lowest BCUT2D eigenvalue weighted by molar-refractivity contribution is 0.101. The number of aryl methyl sites for hydroxylation is 1. The van der Waals surface area contributed by atoms with Crippen molar-refractivity contribution in [2.45, 2.75) is 44.3 Å². The third-order valence-corrected chi connectivity index (χ3v) is 3.87. The number of ether oxygens (including phenoxy) is 1. The highest BCUT2D eigenvalue weighted by atomic mass is 16.5. The minimum absolute atomic E-state index is 0.140. The molecule has 1 aromatic rings. The molecule has 0 aliphatic heterocycles. The molecule has 0 radical (unpaired) electrons. The number of nitrogens with two attached hydrogens (primary N) is 1. The third-order valence-electron chi connectivity index (χ3n) is 3.87. The summed E-state index contributed by atoms with van der Waals surface area (Å²) in [5.41, 5.74) is 7.60. The van der Waals surface area contributed by atoms with Gasteiger partial charge < -0.3 is 10.5 Å². The summed E-state index contributed by atoms with van der Waals surface area (Å²) in [5.74, 6) is 0. The molecule has 108 valence electrons. The van der Waals surface area contributed by atoms with Gasteiger partial charge in [0, 0.05) is 44.5 Å². The Morgan fingerprint density at radius 2 is 2.32 bits per heavy atom. The van der Waals surface area contributed by atoms with E-state index in [1.807, 2.05) is 17.9 Å². The molecule has 1 aliphatic rings. The molecular weight excluding hydrogens is 240 g/mol. The Balaban J connectivity index is 2.19. The van der Waals surface area contributed by atoms with Crippen molar-refractivity contribution in [3.63, 3.8) is 0 Å². The van der Waals surface area contributed by atoms with Gasteiger partial charge in [-0.3, -0.25) is 9.58 Å². The molecular formula is C14H26N4O. The van der Waals surface area contributed by atoms with E-state index in [4.69, 9.17) is 10.5 Å². The smallest absolute Gasteiger partial charge is 0.0590 e. The van der Waals surface area contributed by atoms with Gasteiger partial charge in [0.15, 0.2) is 0 Å². The zero-order chi connectivity index (χ0) is 13.8. The van der Waals surface area contributed by atoms with Crippen LogP contribution in [0.4, 0.5) is 0 Å². The van der Waals surface area contributed by atoms with Crippen LogP contribution in [0, 0.1) is 0 Å². The number of hydrogen-bond donors (Lipinski definition) is 1. The van der Waals surface area contributed by atoms with E-state index in [-0.39, 0.29) is 12.1 Å². The van der Waals surface area contributed by atoms with Crippen LogP contribution in [0.2, 0.25) is 0 Å². The predicted molar refractivity (Wildman–Crippen MR) is 75.8 cm³/mol.